The number of carbonyl (C=O) groups is 4. The first-order chi connectivity index (χ1) is 24.7. The third-order valence-electron chi connectivity index (χ3n) is 10.0. The van der Waals surface area contributed by atoms with Crippen molar-refractivity contribution >= 4 is 33.5 Å². The van der Waals surface area contributed by atoms with Gasteiger partial charge in [0.1, 0.15) is 12.1 Å². The molecule has 0 aromatic heterocycles. The number of hydrogen-bond donors (Lipinski definition) is 5. The number of nitrogens with one attached hydrogen (secondary N) is 4. The summed E-state index contributed by atoms with van der Waals surface area (Å²) in [6.45, 7) is 8.35. The van der Waals surface area contributed by atoms with Crippen molar-refractivity contribution in [3.8, 4) is 0 Å². The van der Waals surface area contributed by atoms with Gasteiger partial charge in [-0.15, -0.1) is 0 Å². The number of rotatable bonds is 18. The van der Waals surface area contributed by atoms with Crippen LogP contribution < -0.4 is 21.3 Å². The second kappa shape index (κ2) is 19.3. The van der Waals surface area contributed by atoms with E-state index in [9.17, 15) is 32.7 Å². The van der Waals surface area contributed by atoms with E-state index in [1.807, 2.05) is 58.0 Å². The minimum Gasteiger partial charge on any atom is -0.390 e. The van der Waals surface area contributed by atoms with Gasteiger partial charge in [0.05, 0.1) is 29.2 Å². The number of carbonyl (C=O) groups excluding carboxylic acids is 4. The lowest BCUT2D eigenvalue weighted by Gasteiger charge is -2.32. The van der Waals surface area contributed by atoms with Crippen LogP contribution in [0.1, 0.15) is 103 Å². The summed E-state index contributed by atoms with van der Waals surface area (Å²) in [7, 11) is -3.51. The zero-order valence-corrected chi connectivity index (χ0v) is 31.9. The van der Waals surface area contributed by atoms with E-state index in [1.165, 1.54) is 0 Å². The molecule has 5 atom stereocenters. The molecule has 286 valence electrons. The molecule has 0 saturated heterocycles. The SMILES string of the molecule is CC(C)CNC(=O)C[C@H](O)[C@H](CC1CCCCC1)NC(=O)[C@H](CC(C)C)NC(=O)[C@H](Cc1ccccc1)NC(=O)CC1CS(=O)(=O)c2ccccc21. The first-order valence-corrected chi connectivity index (χ1v) is 20.6. The maximum atomic E-state index is 14.0. The fraction of sp³-hybridized carbons (Fsp3) is 0.600. The Morgan fingerprint density at radius 3 is 2.12 bits per heavy atom. The third-order valence-corrected chi connectivity index (χ3v) is 11.9. The molecular weight excluding hydrogens is 681 g/mol. The minimum atomic E-state index is -3.51. The largest absolute Gasteiger partial charge is 0.390 e. The number of benzene rings is 2. The van der Waals surface area contributed by atoms with Crippen molar-refractivity contribution in [2.75, 3.05) is 12.3 Å². The summed E-state index contributed by atoms with van der Waals surface area (Å²) in [5.41, 5.74) is 1.39. The van der Waals surface area contributed by atoms with Crippen molar-refractivity contribution in [2.24, 2.45) is 17.8 Å². The van der Waals surface area contributed by atoms with Gasteiger partial charge in [-0.05, 0) is 47.8 Å². The smallest absolute Gasteiger partial charge is 0.243 e. The van der Waals surface area contributed by atoms with Crippen LogP contribution in [0.2, 0.25) is 0 Å². The highest BCUT2D eigenvalue weighted by atomic mass is 32.2. The highest BCUT2D eigenvalue weighted by Crippen LogP contribution is 2.36. The fourth-order valence-corrected chi connectivity index (χ4v) is 9.21. The first kappa shape index (κ1) is 41.0. The molecule has 2 aromatic carbocycles. The Morgan fingerprint density at radius 2 is 1.44 bits per heavy atom. The van der Waals surface area contributed by atoms with Gasteiger partial charge in [0.15, 0.2) is 9.84 Å². The van der Waals surface area contributed by atoms with Crippen LogP contribution in [0.4, 0.5) is 0 Å². The summed E-state index contributed by atoms with van der Waals surface area (Å²) in [5, 5.41) is 22.9. The van der Waals surface area contributed by atoms with Crippen LogP contribution >= 0.6 is 0 Å². The highest BCUT2D eigenvalue weighted by molar-refractivity contribution is 7.91. The van der Waals surface area contributed by atoms with E-state index in [2.05, 4.69) is 21.3 Å². The van der Waals surface area contributed by atoms with Gasteiger partial charge in [-0.3, -0.25) is 19.2 Å². The normalized spacial score (nSPS) is 19.2. The zero-order chi connectivity index (χ0) is 37.8. The Morgan fingerprint density at radius 1 is 0.788 bits per heavy atom. The maximum absolute atomic E-state index is 14.0. The van der Waals surface area contributed by atoms with Crippen LogP contribution in [0, 0.1) is 17.8 Å². The van der Waals surface area contributed by atoms with E-state index in [1.54, 1.807) is 24.3 Å². The second-order valence-corrected chi connectivity index (χ2v) is 17.5. The van der Waals surface area contributed by atoms with E-state index in [0.29, 0.717) is 30.9 Å². The lowest BCUT2D eigenvalue weighted by atomic mass is 9.83. The molecule has 1 heterocycles. The predicted molar refractivity (Wildman–Crippen MR) is 201 cm³/mol. The number of sulfone groups is 1. The molecule has 11 nitrogen and oxygen atoms in total. The van der Waals surface area contributed by atoms with Gasteiger partial charge in [-0.1, -0.05) is 108 Å². The molecule has 4 amide bonds. The molecule has 4 rings (SSSR count). The maximum Gasteiger partial charge on any atom is 0.243 e. The van der Waals surface area contributed by atoms with Gasteiger partial charge >= 0.3 is 0 Å². The number of amides is 4. The minimum absolute atomic E-state index is 0.0196. The van der Waals surface area contributed by atoms with Crippen LogP contribution in [-0.2, 0) is 35.4 Å². The molecule has 52 heavy (non-hydrogen) atoms. The lowest BCUT2D eigenvalue weighted by Crippen LogP contribution is -2.57. The topological polar surface area (TPSA) is 171 Å². The van der Waals surface area contributed by atoms with E-state index >= 15 is 0 Å². The zero-order valence-electron chi connectivity index (χ0n) is 31.1. The molecule has 1 saturated carbocycles. The standard InChI is InChI=1S/C40H58N4O7S/c1-26(2)19-33(39(48)43-32(20-28-13-7-5-8-14-28)35(45)23-37(46)41-24-27(3)4)44-40(49)34(21-29-15-9-6-10-16-29)42-38(47)22-30-25-52(50,51)36-18-12-11-17-31(30)36/h6,9-12,15-18,26-28,30,32-35,45H,5,7-8,13-14,19-25H2,1-4H3,(H,41,46)(H,42,47)(H,43,48)(H,44,49)/t30?,32-,33-,34-,35-/m0/s1. The van der Waals surface area contributed by atoms with Crippen molar-refractivity contribution < 1.29 is 32.7 Å². The Bertz CT molecular complexity index is 1610. The summed E-state index contributed by atoms with van der Waals surface area (Å²) >= 11 is 0. The quantitative estimate of drug-likeness (QED) is 0.153. The molecule has 2 aliphatic rings. The van der Waals surface area contributed by atoms with E-state index in [0.717, 1.165) is 37.7 Å². The first-order valence-electron chi connectivity index (χ1n) is 18.9. The monoisotopic (exact) mass is 738 g/mol. The third kappa shape index (κ3) is 12.4. The fourth-order valence-electron chi connectivity index (χ4n) is 7.33. The van der Waals surface area contributed by atoms with Gasteiger partial charge < -0.3 is 26.4 Å². The van der Waals surface area contributed by atoms with Crippen LogP contribution in [-0.4, -0.2) is 73.7 Å². The number of aliphatic hydroxyl groups is 1. The van der Waals surface area contributed by atoms with Crippen molar-refractivity contribution in [1.29, 1.82) is 0 Å². The summed E-state index contributed by atoms with van der Waals surface area (Å²) < 4.78 is 25.5. The van der Waals surface area contributed by atoms with Crippen LogP contribution in [0.3, 0.4) is 0 Å². The van der Waals surface area contributed by atoms with Gasteiger partial charge in [-0.2, -0.15) is 0 Å². The molecule has 1 aliphatic carbocycles. The average Bonchev–Trinajstić information content (AvgIpc) is 3.35. The molecule has 1 aliphatic heterocycles. The highest BCUT2D eigenvalue weighted by Gasteiger charge is 2.37. The van der Waals surface area contributed by atoms with E-state index < -0.39 is 57.7 Å². The summed E-state index contributed by atoms with van der Waals surface area (Å²) in [6, 6.07) is 13.2. The van der Waals surface area contributed by atoms with Gasteiger partial charge in [0.2, 0.25) is 23.6 Å². The van der Waals surface area contributed by atoms with E-state index in [4.69, 9.17) is 0 Å². The Labute approximate surface area is 309 Å². The summed E-state index contributed by atoms with van der Waals surface area (Å²) in [4.78, 5) is 54.4. The lowest BCUT2D eigenvalue weighted by molar-refractivity contribution is -0.133. The van der Waals surface area contributed by atoms with Gasteiger partial charge in [-0.25, -0.2) is 8.42 Å². The molecule has 0 radical (unpaired) electrons. The van der Waals surface area contributed by atoms with Crippen molar-refractivity contribution in [3.05, 3.63) is 65.7 Å². The number of fused-ring (bicyclic) bond motifs is 1. The Kier molecular flexibility index (Phi) is 15.3. The van der Waals surface area contributed by atoms with Crippen LogP contribution in [0.25, 0.3) is 0 Å². The van der Waals surface area contributed by atoms with Crippen molar-refractivity contribution in [1.82, 2.24) is 21.3 Å². The summed E-state index contributed by atoms with van der Waals surface area (Å²) in [5.74, 6) is -1.90. The predicted octanol–water partition coefficient (Wildman–Crippen LogP) is 4.18. The molecule has 0 spiro atoms. The second-order valence-electron chi connectivity index (χ2n) is 15.5. The number of aliphatic hydroxyl groups excluding tert-OH is 1. The molecule has 2 aromatic rings. The van der Waals surface area contributed by atoms with Crippen LogP contribution in [0.15, 0.2) is 59.5 Å². The number of hydrogen-bond acceptors (Lipinski definition) is 7. The molecule has 1 fully saturated rings. The Hall–Kier alpha value is -3.77. The van der Waals surface area contributed by atoms with E-state index in [-0.39, 0.29) is 47.7 Å². The van der Waals surface area contributed by atoms with Crippen molar-refractivity contribution in [3.63, 3.8) is 0 Å². The molecule has 12 heteroatoms. The van der Waals surface area contributed by atoms with Gasteiger partial charge in [0.25, 0.3) is 0 Å². The van der Waals surface area contributed by atoms with Crippen LogP contribution in [0.5, 0.6) is 0 Å². The summed E-state index contributed by atoms with van der Waals surface area (Å²) in [6.07, 6.45) is 4.92. The van der Waals surface area contributed by atoms with Gasteiger partial charge in [0, 0.05) is 25.3 Å². The molecule has 1 unspecified atom stereocenters. The molecular formula is C40H58N4O7S. The van der Waals surface area contributed by atoms with Crippen molar-refractivity contribution in [2.45, 2.75) is 127 Å². The Balaban J connectivity index is 1.50. The average molecular weight is 739 g/mol. The molecule has 5 N–H and O–H groups in total. The molecule has 0 bridgehead atoms.